The van der Waals surface area contributed by atoms with E-state index in [9.17, 15) is 18.0 Å². The Labute approximate surface area is 177 Å². The number of rotatable bonds is 5. The number of hydrogen-bond donors (Lipinski definition) is 2. The first-order valence-corrected chi connectivity index (χ1v) is 10.5. The van der Waals surface area contributed by atoms with Crippen molar-refractivity contribution in [2.24, 2.45) is 5.14 Å². The maximum atomic E-state index is 12.9. The van der Waals surface area contributed by atoms with Gasteiger partial charge in [-0.3, -0.25) is 9.59 Å². The number of anilines is 1. The van der Waals surface area contributed by atoms with Crippen LogP contribution in [0.15, 0.2) is 71.6 Å². The van der Waals surface area contributed by atoms with Gasteiger partial charge in [0.15, 0.2) is 5.78 Å². The van der Waals surface area contributed by atoms with Gasteiger partial charge in [0.1, 0.15) is 0 Å². The van der Waals surface area contributed by atoms with Crippen molar-refractivity contribution >= 4 is 50.6 Å². The zero-order chi connectivity index (χ0) is 21.2. The molecule has 0 fully saturated rings. The number of hydrogen-bond acceptors (Lipinski definition) is 4. The van der Waals surface area contributed by atoms with Crippen LogP contribution in [0.2, 0.25) is 10.0 Å². The largest absolute Gasteiger partial charge is 0.321 e. The predicted molar refractivity (Wildman–Crippen MR) is 112 cm³/mol. The fraction of sp³-hybridized carbons (Fsp3) is 0. The van der Waals surface area contributed by atoms with Crippen LogP contribution in [0.25, 0.3) is 0 Å². The number of nitrogens with two attached hydrogens (primary N) is 1. The van der Waals surface area contributed by atoms with E-state index in [0.29, 0.717) is 5.02 Å². The van der Waals surface area contributed by atoms with Crippen molar-refractivity contribution in [1.29, 1.82) is 0 Å². The summed E-state index contributed by atoms with van der Waals surface area (Å²) in [7, 11) is -3.87. The summed E-state index contributed by atoms with van der Waals surface area (Å²) < 4.78 is 22.7. The van der Waals surface area contributed by atoms with E-state index < -0.39 is 21.7 Å². The van der Waals surface area contributed by atoms with Gasteiger partial charge in [-0.25, -0.2) is 13.6 Å². The summed E-state index contributed by atoms with van der Waals surface area (Å²) in [6.07, 6.45) is 0. The summed E-state index contributed by atoms with van der Waals surface area (Å²) >= 11 is 12.1. The molecule has 9 heteroatoms. The van der Waals surface area contributed by atoms with E-state index in [2.05, 4.69) is 5.32 Å². The second-order valence-electron chi connectivity index (χ2n) is 6.02. The van der Waals surface area contributed by atoms with Crippen molar-refractivity contribution in [2.75, 3.05) is 5.32 Å². The monoisotopic (exact) mass is 448 g/mol. The van der Waals surface area contributed by atoms with Crippen molar-refractivity contribution in [2.45, 2.75) is 4.90 Å². The van der Waals surface area contributed by atoms with Crippen molar-refractivity contribution in [3.05, 3.63) is 93.5 Å². The third-order valence-electron chi connectivity index (χ3n) is 4.04. The topological polar surface area (TPSA) is 106 Å². The number of carbonyl (C=O) groups is 2. The molecule has 3 N–H and O–H groups in total. The molecule has 0 aromatic heterocycles. The van der Waals surface area contributed by atoms with Crippen LogP contribution in [0.5, 0.6) is 0 Å². The first-order valence-electron chi connectivity index (χ1n) is 8.20. The molecule has 0 saturated carbocycles. The van der Waals surface area contributed by atoms with Crippen LogP contribution in [-0.2, 0) is 10.0 Å². The van der Waals surface area contributed by atoms with Crippen LogP contribution >= 0.6 is 23.2 Å². The molecule has 148 valence electrons. The lowest BCUT2D eigenvalue weighted by molar-refractivity contribution is 0.102. The number of amides is 1. The molecule has 0 aliphatic heterocycles. The molecule has 0 atom stereocenters. The normalized spacial score (nSPS) is 11.1. The standard InChI is InChI=1S/C20H14Cl2N2O4S/c21-13-7-10-18(16(11-13)19(25)15-3-1-2-4-17(15)22)24-20(26)12-5-8-14(9-6-12)29(23,27)28/h1-11H,(H,24,26)(H2,23,27,28). The highest BCUT2D eigenvalue weighted by atomic mass is 35.5. The highest BCUT2D eigenvalue weighted by Crippen LogP contribution is 2.27. The average Bonchev–Trinajstić information content (AvgIpc) is 2.68. The Kier molecular flexibility index (Phi) is 6.04. The fourth-order valence-corrected chi connectivity index (χ4v) is 3.50. The third kappa shape index (κ3) is 4.83. The molecule has 3 rings (SSSR count). The third-order valence-corrected chi connectivity index (χ3v) is 5.53. The Morgan fingerprint density at radius 1 is 0.862 bits per heavy atom. The zero-order valence-electron chi connectivity index (χ0n) is 14.7. The minimum atomic E-state index is -3.87. The van der Waals surface area contributed by atoms with E-state index in [1.807, 2.05) is 0 Å². The van der Waals surface area contributed by atoms with E-state index >= 15 is 0 Å². The lowest BCUT2D eigenvalue weighted by Gasteiger charge is -2.12. The Balaban J connectivity index is 1.93. The second-order valence-corrected chi connectivity index (χ2v) is 8.43. The lowest BCUT2D eigenvalue weighted by Crippen LogP contribution is -2.16. The summed E-state index contributed by atoms with van der Waals surface area (Å²) in [6.45, 7) is 0. The van der Waals surface area contributed by atoms with Crippen LogP contribution in [0.3, 0.4) is 0 Å². The average molecular weight is 449 g/mol. The molecule has 0 aliphatic carbocycles. The van der Waals surface area contributed by atoms with Crippen LogP contribution in [-0.4, -0.2) is 20.1 Å². The van der Waals surface area contributed by atoms with Crippen LogP contribution < -0.4 is 10.5 Å². The predicted octanol–water partition coefficient (Wildman–Crippen LogP) is 4.12. The number of primary sulfonamides is 1. The molecular weight excluding hydrogens is 435 g/mol. The van der Waals surface area contributed by atoms with Gasteiger partial charge in [0.25, 0.3) is 5.91 Å². The Hall–Kier alpha value is -2.71. The molecule has 0 saturated heterocycles. The quantitative estimate of drug-likeness (QED) is 0.572. The number of nitrogens with one attached hydrogen (secondary N) is 1. The van der Waals surface area contributed by atoms with E-state index in [1.54, 1.807) is 24.3 Å². The lowest BCUT2D eigenvalue weighted by atomic mass is 10.0. The van der Waals surface area contributed by atoms with E-state index in [-0.39, 0.29) is 32.3 Å². The SMILES string of the molecule is NS(=O)(=O)c1ccc(C(=O)Nc2ccc(Cl)cc2C(=O)c2ccccc2Cl)cc1. The summed E-state index contributed by atoms with van der Waals surface area (Å²) in [5.41, 5.74) is 0.855. The smallest absolute Gasteiger partial charge is 0.255 e. The molecule has 3 aromatic rings. The zero-order valence-corrected chi connectivity index (χ0v) is 17.1. The molecule has 6 nitrogen and oxygen atoms in total. The van der Waals surface area contributed by atoms with E-state index in [4.69, 9.17) is 28.3 Å². The van der Waals surface area contributed by atoms with Crippen LogP contribution in [0, 0.1) is 0 Å². The fourth-order valence-electron chi connectivity index (χ4n) is 2.59. The van der Waals surface area contributed by atoms with Crippen LogP contribution in [0.1, 0.15) is 26.3 Å². The molecular formula is C20H14Cl2N2O4S. The summed E-state index contributed by atoms with van der Waals surface area (Å²) in [6, 6.07) is 16.1. The molecule has 0 heterocycles. The van der Waals surface area contributed by atoms with Crippen LogP contribution in [0.4, 0.5) is 5.69 Å². The van der Waals surface area contributed by atoms with Gasteiger partial charge in [0.05, 0.1) is 15.6 Å². The Bertz CT molecular complexity index is 1210. The van der Waals surface area contributed by atoms with E-state index in [1.165, 1.54) is 42.5 Å². The second kappa shape index (κ2) is 8.34. The molecule has 3 aromatic carbocycles. The van der Waals surface area contributed by atoms with Gasteiger partial charge in [0.2, 0.25) is 10.0 Å². The minimum absolute atomic E-state index is 0.116. The molecule has 0 bridgehead atoms. The van der Waals surface area contributed by atoms with E-state index in [0.717, 1.165) is 0 Å². The molecule has 0 radical (unpaired) electrons. The minimum Gasteiger partial charge on any atom is -0.321 e. The van der Waals surface area contributed by atoms with Gasteiger partial charge in [0, 0.05) is 21.7 Å². The van der Waals surface area contributed by atoms with Crippen molar-refractivity contribution < 1.29 is 18.0 Å². The maximum absolute atomic E-state index is 12.9. The molecule has 1 amide bonds. The van der Waals surface area contributed by atoms with Gasteiger partial charge in [-0.15, -0.1) is 0 Å². The first-order chi connectivity index (χ1) is 13.7. The Morgan fingerprint density at radius 2 is 1.52 bits per heavy atom. The molecule has 0 spiro atoms. The first kappa shape index (κ1) is 21.0. The van der Waals surface area contributed by atoms with Gasteiger partial charge in [-0.2, -0.15) is 0 Å². The van der Waals surface area contributed by atoms with Crippen molar-refractivity contribution in [1.82, 2.24) is 0 Å². The highest BCUT2D eigenvalue weighted by molar-refractivity contribution is 7.89. The maximum Gasteiger partial charge on any atom is 0.255 e. The molecule has 0 unspecified atom stereocenters. The summed E-state index contributed by atoms with van der Waals surface area (Å²) in [5.74, 6) is -0.945. The molecule has 29 heavy (non-hydrogen) atoms. The number of sulfonamides is 1. The Morgan fingerprint density at radius 3 is 2.14 bits per heavy atom. The summed E-state index contributed by atoms with van der Waals surface area (Å²) in [5, 5.41) is 8.28. The number of ketones is 1. The van der Waals surface area contributed by atoms with Gasteiger partial charge < -0.3 is 5.32 Å². The van der Waals surface area contributed by atoms with Gasteiger partial charge >= 0.3 is 0 Å². The number of carbonyl (C=O) groups excluding carboxylic acids is 2. The number of benzene rings is 3. The van der Waals surface area contributed by atoms with Gasteiger partial charge in [-0.05, 0) is 54.6 Å². The summed E-state index contributed by atoms with van der Waals surface area (Å²) in [4.78, 5) is 25.4. The van der Waals surface area contributed by atoms with Gasteiger partial charge in [-0.1, -0.05) is 35.3 Å². The molecule has 0 aliphatic rings. The van der Waals surface area contributed by atoms with Crippen molar-refractivity contribution in [3.63, 3.8) is 0 Å². The van der Waals surface area contributed by atoms with Crippen molar-refractivity contribution in [3.8, 4) is 0 Å². The number of halogens is 2. The highest BCUT2D eigenvalue weighted by Gasteiger charge is 2.19.